The van der Waals surface area contributed by atoms with E-state index in [1.54, 1.807) is 0 Å². The number of alkyl halides is 2. The van der Waals surface area contributed by atoms with Crippen molar-refractivity contribution in [3.05, 3.63) is 0 Å². The molecule has 0 aliphatic heterocycles. The summed E-state index contributed by atoms with van der Waals surface area (Å²) in [6.07, 6.45) is 0. The van der Waals surface area contributed by atoms with E-state index in [0.717, 1.165) is 9.95 Å². The Morgan fingerprint density at radius 3 is 1.22 bits per heavy atom. The highest BCUT2D eigenvalue weighted by atomic mass is 35.5. The van der Waals surface area contributed by atoms with Gasteiger partial charge in [0.1, 0.15) is 4.84 Å². The van der Waals surface area contributed by atoms with Gasteiger partial charge in [-0.15, -0.1) is 23.2 Å². The second-order valence-electron chi connectivity index (χ2n) is 8.59. The molecule has 0 N–H and O–H groups in total. The first-order valence-electron chi connectivity index (χ1n) is 6.95. The van der Waals surface area contributed by atoms with Crippen LogP contribution in [0.5, 0.6) is 0 Å². The fourth-order valence-electron chi connectivity index (χ4n) is 4.83. The molecule has 0 saturated carbocycles. The molecule has 0 aromatic rings. The normalized spacial score (nSPS) is 16.0. The predicted molar refractivity (Wildman–Crippen MR) is 102 cm³/mol. The van der Waals surface area contributed by atoms with E-state index >= 15 is 0 Å². The van der Waals surface area contributed by atoms with Gasteiger partial charge in [-0.05, 0) is 6.04 Å². The van der Waals surface area contributed by atoms with Gasteiger partial charge in [0.15, 0.2) is 0 Å². The maximum atomic E-state index is 6.08. The van der Waals surface area contributed by atoms with Crippen molar-refractivity contribution in [1.82, 2.24) is 0 Å². The molecule has 0 aromatic carbocycles. The monoisotopic (exact) mass is 358 g/mol. The zero-order chi connectivity index (χ0) is 15.0. The topological polar surface area (TPSA) is 0 Å². The van der Waals surface area contributed by atoms with Crippen LogP contribution in [0.4, 0.5) is 0 Å². The van der Waals surface area contributed by atoms with Gasteiger partial charge in [-0.25, -0.2) is 0 Å². The van der Waals surface area contributed by atoms with Gasteiger partial charge >= 0.3 is 0 Å². The first-order chi connectivity index (χ1) is 7.67. The second kappa shape index (κ2) is 6.06. The molecule has 0 rings (SSSR count). The maximum Gasteiger partial charge on any atom is 0.105 e. The zero-order valence-electron chi connectivity index (χ0n) is 13.7. The van der Waals surface area contributed by atoms with E-state index in [9.17, 15) is 0 Å². The van der Waals surface area contributed by atoms with Gasteiger partial charge in [0.05, 0.1) is 0 Å². The van der Waals surface area contributed by atoms with Crippen molar-refractivity contribution >= 4 is 56.9 Å². The van der Waals surface area contributed by atoms with Crippen molar-refractivity contribution in [1.29, 1.82) is 0 Å². The van der Waals surface area contributed by atoms with Crippen molar-refractivity contribution in [3.63, 3.8) is 0 Å². The highest BCUT2D eigenvalue weighted by Crippen LogP contribution is 2.53. The van der Waals surface area contributed by atoms with E-state index in [4.69, 9.17) is 23.2 Å². The zero-order valence-corrected chi connectivity index (χ0v) is 19.7. The van der Waals surface area contributed by atoms with Crippen LogP contribution in [0.15, 0.2) is 0 Å². The number of hydrogen-bond donors (Lipinski definition) is 0. The summed E-state index contributed by atoms with van der Waals surface area (Å²) in [5.74, 6) is 0. The van der Waals surface area contributed by atoms with Crippen molar-refractivity contribution in [3.8, 4) is 0 Å². The van der Waals surface area contributed by atoms with Crippen LogP contribution in [0, 0.1) is 0 Å². The largest absolute Gasteiger partial charge is 0.106 e. The third-order valence-electron chi connectivity index (χ3n) is 4.58. The summed E-state index contributed by atoms with van der Waals surface area (Å²) < 4.78 is 0.731. The molecule has 110 valence electrons. The quantitative estimate of drug-likeness (QED) is 0.453. The van der Waals surface area contributed by atoms with Gasteiger partial charge in [0.25, 0.3) is 0 Å². The fraction of sp³-hybridized carbons (Fsp3) is 1.00. The van der Waals surface area contributed by atoms with Gasteiger partial charge in [-0.2, -0.15) is 0 Å². The van der Waals surface area contributed by atoms with Gasteiger partial charge in [0, 0.05) is 33.7 Å². The highest BCUT2D eigenvalue weighted by Gasteiger charge is 2.58. The molecule has 0 saturated heterocycles. The lowest BCUT2D eigenvalue weighted by Gasteiger charge is -2.59. The first kappa shape index (κ1) is 19.4. The molecule has 0 spiro atoms. The minimum Gasteiger partial charge on any atom is -0.106 e. The Bertz CT molecular complexity index is 235. The molecule has 0 amide bonds. The lowest BCUT2D eigenvalue weighted by Crippen LogP contribution is -2.68. The van der Waals surface area contributed by atoms with Gasteiger partial charge in [0.2, 0.25) is 0 Å². The molecule has 6 heteroatoms. The Kier molecular flexibility index (Phi) is 6.54. The van der Waals surface area contributed by atoms with Crippen LogP contribution < -0.4 is 0 Å². The van der Waals surface area contributed by atoms with Crippen LogP contribution in [-0.2, 0) is 0 Å². The molecule has 0 nitrogen and oxygen atoms in total. The summed E-state index contributed by atoms with van der Waals surface area (Å²) >= 11 is 12.2. The lowest BCUT2D eigenvalue weighted by atomic mass is 10.9. The summed E-state index contributed by atoms with van der Waals surface area (Å²) in [5.41, 5.74) is 0. The van der Waals surface area contributed by atoms with Crippen molar-refractivity contribution in [2.75, 3.05) is 0 Å². The second-order valence-corrected chi connectivity index (χ2v) is 31.7. The molecule has 0 heterocycles. The third-order valence-corrected chi connectivity index (χ3v) is 40.3. The minimum atomic E-state index is -1.21. The molecule has 0 bridgehead atoms. The van der Waals surface area contributed by atoms with Crippen LogP contribution in [0.25, 0.3) is 0 Å². The van der Waals surface area contributed by atoms with Crippen LogP contribution in [0.3, 0.4) is 0 Å². The van der Waals surface area contributed by atoms with Crippen LogP contribution in [0.2, 0.25) is 68.9 Å². The molecule has 0 unspecified atom stereocenters. The molecule has 0 aliphatic rings. The average Bonchev–Trinajstić information content (AvgIpc) is 1.94. The van der Waals surface area contributed by atoms with Crippen LogP contribution in [0.1, 0.15) is 0 Å². The summed E-state index contributed by atoms with van der Waals surface area (Å²) in [5, 5.41) is 0. The van der Waals surface area contributed by atoms with E-state index in [1.165, 1.54) is 0 Å². The standard InChI is InChI=1S/C12H32Cl2Si4/c1-16(2,3)12(17(4,5)6,18(7,8)9)15-10-11(13)14/h11H,10,15H2,1-9H3. The SMILES string of the molecule is C[Si](C)(C)C([SiH2]CC(Cl)Cl)([Si](C)(C)C)[Si](C)(C)C. The molecule has 0 radical (unpaired) electrons. The van der Waals surface area contributed by atoms with E-state index in [2.05, 4.69) is 58.9 Å². The summed E-state index contributed by atoms with van der Waals surface area (Å²) in [6, 6.07) is 1.10. The number of halogens is 2. The average molecular weight is 360 g/mol. The Morgan fingerprint density at radius 1 is 0.778 bits per heavy atom. The minimum absolute atomic E-state index is 0.139. The van der Waals surface area contributed by atoms with Crippen LogP contribution >= 0.6 is 23.2 Å². The highest BCUT2D eigenvalue weighted by molar-refractivity contribution is 7.23. The van der Waals surface area contributed by atoms with Crippen molar-refractivity contribution < 1.29 is 0 Å². The molecule has 0 atom stereocenters. The van der Waals surface area contributed by atoms with Gasteiger partial charge in [-0.1, -0.05) is 62.8 Å². The lowest BCUT2D eigenvalue weighted by molar-refractivity contribution is 1.19. The van der Waals surface area contributed by atoms with E-state index in [1.807, 2.05) is 0 Å². The fourth-order valence-corrected chi connectivity index (χ4v) is 43.4. The molecular formula is C12H32Cl2Si4. The smallest absolute Gasteiger partial charge is 0.105 e. The van der Waals surface area contributed by atoms with E-state index < -0.39 is 24.2 Å². The Labute approximate surface area is 130 Å². The van der Waals surface area contributed by atoms with E-state index in [-0.39, 0.29) is 14.4 Å². The Morgan fingerprint density at radius 2 is 1.06 bits per heavy atom. The number of hydrogen-bond acceptors (Lipinski definition) is 0. The summed E-state index contributed by atoms with van der Waals surface area (Å²) in [7, 11) is -3.84. The molecule has 0 fully saturated rings. The molecule has 0 aromatic heterocycles. The van der Waals surface area contributed by atoms with Gasteiger partial charge < -0.3 is 0 Å². The van der Waals surface area contributed by atoms with E-state index in [0.29, 0.717) is 0 Å². The maximum absolute atomic E-state index is 6.08. The molecule has 18 heavy (non-hydrogen) atoms. The third kappa shape index (κ3) is 3.98. The number of rotatable bonds is 6. The summed E-state index contributed by atoms with van der Waals surface area (Å²) in [4.78, 5) is -0.139. The van der Waals surface area contributed by atoms with Crippen LogP contribution in [-0.4, -0.2) is 38.6 Å². The van der Waals surface area contributed by atoms with Crippen molar-refractivity contribution in [2.24, 2.45) is 0 Å². The molecular weight excluding hydrogens is 327 g/mol. The first-order valence-corrected chi connectivity index (χ1v) is 20.0. The summed E-state index contributed by atoms with van der Waals surface area (Å²) in [6.45, 7) is 23.3. The van der Waals surface area contributed by atoms with Gasteiger partial charge in [-0.3, -0.25) is 0 Å². The van der Waals surface area contributed by atoms with Crippen molar-refractivity contribution in [2.45, 2.75) is 73.7 Å². The predicted octanol–water partition coefficient (Wildman–Crippen LogP) is 5.17. The molecule has 0 aliphatic carbocycles. The Balaban J connectivity index is 5.76. The Hall–Kier alpha value is 1.45.